The fourth-order valence-corrected chi connectivity index (χ4v) is 4.38. The summed E-state index contributed by atoms with van der Waals surface area (Å²) in [5, 5.41) is 2.69. The van der Waals surface area contributed by atoms with E-state index < -0.39 is 23.4 Å². The van der Waals surface area contributed by atoms with Gasteiger partial charge < -0.3 is 15.1 Å². The van der Waals surface area contributed by atoms with Crippen LogP contribution >= 0.6 is 15.9 Å². The first-order valence-corrected chi connectivity index (χ1v) is 12.4. The molecule has 1 aliphatic rings. The zero-order valence-corrected chi connectivity index (χ0v) is 21.6. The molecule has 0 unspecified atom stereocenters. The maximum atomic E-state index is 14.4. The molecule has 3 aromatic carbocycles. The normalized spacial score (nSPS) is 13.9. The number of benzene rings is 3. The van der Waals surface area contributed by atoms with Gasteiger partial charge in [0.2, 0.25) is 0 Å². The van der Waals surface area contributed by atoms with Crippen LogP contribution in [-0.2, 0) is 9.59 Å². The van der Waals surface area contributed by atoms with Gasteiger partial charge in [-0.25, -0.2) is 8.78 Å². The second-order valence-corrected chi connectivity index (χ2v) is 9.39. The van der Waals surface area contributed by atoms with Crippen molar-refractivity contribution in [3.8, 4) is 0 Å². The third kappa shape index (κ3) is 6.29. The lowest BCUT2D eigenvalue weighted by atomic mass is 10.1. The van der Waals surface area contributed by atoms with E-state index >= 15 is 0 Å². The molecule has 37 heavy (non-hydrogen) atoms. The number of ketones is 1. The van der Waals surface area contributed by atoms with Crippen molar-refractivity contribution in [2.75, 3.05) is 36.4 Å². The molecule has 1 saturated heterocycles. The molecule has 190 valence electrons. The van der Waals surface area contributed by atoms with Gasteiger partial charge in [-0.15, -0.1) is 0 Å². The number of rotatable bonds is 6. The molecule has 1 N–H and O–H groups in total. The largest absolute Gasteiger partial charge is 0.368 e. The predicted molar refractivity (Wildman–Crippen MR) is 142 cm³/mol. The van der Waals surface area contributed by atoms with Crippen LogP contribution in [0.25, 0.3) is 6.08 Å². The highest BCUT2D eigenvalue weighted by Gasteiger charge is 2.28. The zero-order valence-electron chi connectivity index (χ0n) is 20.0. The maximum absolute atomic E-state index is 14.4. The smallest absolute Gasteiger partial charge is 0.261 e. The molecule has 2 amide bonds. The SMILES string of the molecule is CC(=O)c1ccc(N2CCN(C(=O)C(=Cc3ccc(F)cc3F)C(=O)Nc3ccccc3Br)CC2)cc1. The highest BCUT2D eigenvalue weighted by Crippen LogP contribution is 2.24. The van der Waals surface area contributed by atoms with Gasteiger partial charge in [0.25, 0.3) is 11.8 Å². The molecule has 0 aliphatic carbocycles. The van der Waals surface area contributed by atoms with Gasteiger partial charge in [-0.1, -0.05) is 12.1 Å². The van der Waals surface area contributed by atoms with Crippen LogP contribution in [0.4, 0.5) is 20.2 Å². The third-order valence-electron chi connectivity index (χ3n) is 6.07. The Morgan fingerprint density at radius 2 is 1.59 bits per heavy atom. The number of nitrogens with one attached hydrogen (secondary N) is 1. The van der Waals surface area contributed by atoms with E-state index in [1.54, 1.807) is 36.4 Å². The van der Waals surface area contributed by atoms with Crippen LogP contribution in [0.1, 0.15) is 22.8 Å². The fourth-order valence-electron chi connectivity index (χ4n) is 4.00. The number of piperazine rings is 1. The van der Waals surface area contributed by atoms with Gasteiger partial charge in [-0.05, 0) is 77.5 Å². The Balaban J connectivity index is 1.55. The van der Waals surface area contributed by atoms with Crippen LogP contribution in [0.3, 0.4) is 0 Å². The number of Topliss-reactive ketones (excluding diaryl/α,β-unsaturated/α-hetero) is 1. The van der Waals surface area contributed by atoms with Gasteiger partial charge in [0.05, 0.1) is 5.69 Å². The molecule has 3 aromatic rings. The summed E-state index contributed by atoms with van der Waals surface area (Å²) in [4.78, 5) is 41.9. The van der Waals surface area contributed by atoms with Gasteiger partial charge in [0.1, 0.15) is 17.2 Å². The number of nitrogens with zero attached hydrogens (tertiary/aromatic N) is 2. The number of anilines is 2. The molecular weight excluding hydrogens is 544 g/mol. The molecule has 0 radical (unpaired) electrons. The highest BCUT2D eigenvalue weighted by atomic mass is 79.9. The second-order valence-electron chi connectivity index (χ2n) is 8.54. The van der Waals surface area contributed by atoms with Crippen molar-refractivity contribution in [1.82, 2.24) is 4.90 Å². The summed E-state index contributed by atoms with van der Waals surface area (Å²) >= 11 is 3.36. The lowest BCUT2D eigenvalue weighted by Gasteiger charge is -2.36. The van der Waals surface area contributed by atoms with Crippen LogP contribution in [0.2, 0.25) is 0 Å². The summed E-state index contributed by atoms with van der Waals surface area (Å²) in [5.74, 6) is -2.91. The average Bonchev–Trinajstić information content (AvgIpc) is 2.89. The van der Waals surface area contributed by atoms with Crippen molar-refractivity contribution in [3.63, 3.8) is 0 Å². The Hall–Kier alpha value is -3.85. The first-order valence-electron chi connectivity index (χ1n) is 11.6. The molecule has 1 fully saturated rings. The summed E-state index contributed by atoms with van der Waals surface area (Å²) in [6, 6.07) is 17.1. The zero-order chi connectivity index (χ0) is 26.5. The lowest BCUT2D eigenvalue weighted by Crippen LogP contribution is -2.50. The first kappa shape index (κ1) is 26.2. The summed E-state index contributed by atoms with van der Waals surface area (Å²) < 4.78 is 28.5. The van der Waals surface area contributed by atoms with Gasteiger partial charge in [0.15, 0.2) is 5.78 Å². The van der Waals surface area contributed by atoms with E-state index in [-0.39, 0.29) is 16.9 Å². The molecule has 1 aliphatic heterocycles. The van der Waals surface area contributed by atoms with Crippen molar-refractivity contribution in [2.45, 2.75) is 6.92 Å². The number of halogens is 3. The van der Waals surface area contributed by atoms with E-state index in [0.29, 0.717) is 48.0 Å². The van der Waals surface area contributed by atoms with Crippen LogP contribution in [0.15, 0.2) is 76.8 Å². The summed E-state index contributed by atoms with van der Waals surface area (Å²) in [6.07, 6.45) is 1.15. The molecular formula is C28H24BrF2N3O3. The molecule has 0 bridgehead atoms. The second kappa shape index (κ2) is 11.5. The van der Waals surface area contributed by atoms with E-state index in [9.17, 15) is 23.2 Å². The van der Waals surface area contributed by atoms with Gasteiger partial charge in [-0.2, -0.15) is 0 Å². The lowest BCUT2D eigenvalue weighted by molar-refractivity contribution is -0.129. The molecule has 6 nitrogen and oxygen atoms in total. The summed E-state index contributed by atoms with van der Waals surface area (Å²) in [7, 11) is 0. The monoisotopic (exact) mass is 567 g/mol. The number of amides is 2. The van der Waals surface area contributed by atoms with Gasteiger partial charge in [0, 0.05) is 53.5 Å². The molecule has 9 heteroatoms. The minimum Gasteiger partial charge on any atom is -0.368 e. The molecule has 0 spiro atoms. The van der Waals surface area contributed by atoms with E-state index in [2.05, 4.69) is 26.1 Å². The van der Waals surface area contributed by atoms with Crippen molar-refractivity contribution in [3.05, 3.63) is 99.5 Å². The van der Waals surface area contributed by atoms with Crippen LogP contribution in [0.5, 0.6) is 0 Å². The Bertz CT molecular complexity index is 1370. The average molecular weight is 568 g/mol. The van der Waals surface area contributed by atoms with E-state index in [1.807, 2.05) is 12.1 Å². The Morgan fingerprint density at radius 3 is 2.22 bits per heavy atom. The quantitative estimate of drug-likeness (QED) is 0.190. The summed E-state index contributed by atoms with van der Waals surface area (Å²) in [6.45, 7) is 3.19. The van der Waals surface area contributed by atoms with Crippen LogP contribution in [0, 0.1) is 11.6 Å². The first-order chi connectivity index (χ1) is 17.7. The Morgan fingerprint density at radius 1 is 0.919 bits per heavy atom. The number of hydrogen-bond donors (Lipinski definition) is 1. The van der Waals surface area contributed by atoms with Crippen molar-refractivity contribution < 1.29 is 23.2 Å². The number of carbonyl (C=O) groups is 3. The Kier molecular flexibility index (Phi) is 8.13. The molecule has 0 atom stereocenters. The molecule has 1 heterocycles. The summed E-state index contributed by atoms with van der Waals surface area (Å²) in [5.41, 5.74) is 1.66. The van der Waals surface area contributed by atoms with Crippen molar-refractivity contribution >= 4 is 51.0 Å². The number of hydrogen-bond acceptors (Lipinski definition) is 4. The topological polar surface area (TPSA) is 69.7 Å². The predicted octanol–water partition coefficient (Wildman–Crippen LogP) is 5.30. The molecule has 4 rings (SSSR count). The van der Waals surface area contributed by atoms with Crippen LogP contribution in [-0.4, -0.2) is 48.7 Å². The molecule has 0 saturated carbocycles. The van der Waals surface area contributed by atoms with Crippen molar-refractivity contribution in [1.29, 1.82) is 0 Å². The maximum Gasteiger partial charge on any atom is 0.261 e. The number of carbonyl (C=O) groups excluding carboxylic acids is 3. The van der Waals surface area contributed by atoms with Gasteiger partial charge in [-0.3, -0.25) is 14.4 Å². The Labute approximate surface area is 221 Å². The third-order valence-corrected chi connectivity index (χ3v) is 6.76. The standard InChI is InChI=1S/C28H24BrF2N3O3/c1-18(35)19-7-10-22(11-8-19)33-12-14-34(15-13-33)28(37)23(16-20-6-9-21(30)17-25(20)31)27(36)32-26-5-3-2-4-24(26)29/h2-11,16-17H,12-15H2,1H3,(H,32,36). The van der Waals surface area contributed by atoms with E-state index in [1.165, 1.54) is 17.9 Å². The fraction of sp³-hybridized carbons (Fsp3) is 0.179. The van der Waals surface area contributed by atoms with E-state index in [4.69, 9.17) is 0 Å². The highest BCUT2D eigenvalue weighted by molar-refractivity contribution is 9.10. The van der Waals surface area contributed by atoms with Gasteiger partial charge >= 0.3 is 0 Å². The van der Waals surface area contributed by atoms with E-state index in [0.717, 1.165) is 17.8 Å². The van der Waals surface area contributed by atoms with Crippen LogP contribution < -0.4 is 10.2 Å². The number of para-hydroxylation sites is 1. The minimum absolute atomic E-state index is 0.0142. The minimum atomic E-state index is -0.877. The van der Waals surface area contributed by atoms with Crippen molar-refractivity contribution in [2.24, 2.45) is 0 Å². The molecule has 0 aromatic heterocycles.